The van der Waals surface area contributed by atoms with Gasteiger partial charge in [0.1, 0.15) is 0 Å². The number of nitrogens with zero attached hydrogens (tertiary/aromatic N) is 3. The molecule has 1 unspecified atom stereocenters. The number of morpholine rings is 1. The average molecular weight is 279 g/mol. The lowest BCUT2D eigenvalue weighted by atomic mass is 10.1. The summed E-state index contributed by atoms with van der Waals surface area (Å²) in [5.74, 6) is 0.170. The van der Waals surface area contributed by atoms with Crippen molar-refractivity contribution in [1.29, 1.82) is 0 Å². The van der Waals surface area contributed by atoms with Crippen LogP contribution in [0.15, 0.2) is 6.07 Å². The van der Waals surface area contributed by atoms with Crippen LogP contribution in [0.1, 0.15) is 37.6 Å². The number of carboxylic acid groups (broad SMARTS) is 1. The van der Waals surface area contributed by atoms with Gasteiger partial charge in [0.2, 0.25) is 5.95 Å². The molecule has 20 heavy (non-hydrogen) atoms. The fraction of sp³-hybridized carbons (Fsp3) is 0.643. The zero-order chi connectivity index (χ0) is 14.7. The van der Waals surface area contributed by atoms with E-state index in [2.05, 4.69) is 23.8 Å². The van der Waals surface area contributed by atoms with E-state index < -0.39 is 5.97 Å². The molecule has 1 N–H and O–H groups in total. The largest absolute Gasteiger partial charge is 0.481 e. The fourth-order valence-corrected chi connectivity index (χ4v) is 2.23. The minimum Gasteiger partial charge on any atom is -0.481 e. The van der Waals surface area contributed by atoms with Crippen molar-refractivity contribution in [2.24, 2.45) is 0 Å². The highest BCUT2D eigenvalue weighted by Crippen LogP contribution is 2.19. The van der Waals surface area contributed by atoms with Crippen molar-refractivity contribution in [2.75, 3.05) is 24.6 Å². The summed E-state index contributed by atoms with van der Waals surface area (Å²) < 4.78 is 5.47. The first-order valence-corrected chi connectivity index (χ1v) is 6.89. The van der Waals surface area contributed by atoms with E-state index in [4.69, 9.17) is 9.84 Å². The Morgan fingerprint density at radius 3 is 2.95 bits per heavy atom. The number of aromatic nitrogens is 2. The topological polar surface area (TPSA) is 75.6 Å². The Morgan fingerprint density at radius 1 is 1.55 bits per heavy atom. The molecule has 6 heteroatoms. The monoisotopic (exact) mass is 279 g/mol. The Balaban J connectivity index is 2.16. The van der Waals surface area contributed by atoms with Gasteiger partial charge in [0.25, 0.3) is 0 Å². The van der Waals surface area contributed by atoms with Gasteiger partial charge in [-0.3, -0.25) is 4.79 Å². The maximum Gasteiger partial charge on any atom is 0.306 e. The highest BCUT2D eigenvalue weighted by molar-refractivity contribution is 5.67. The van der Waals surface area contributed by atoms with E-state index in [1.54, 1.807) is 0 Å². The summed E-state index contributed by atoms with van der Waals surface area (Å²) in [4.78, 5) is 21.8. The van der Waals surface area contributed by atoms with Crippen molar-refractivity contribution in [3.05, 3.63) is 17.5 Å². The molecular formula is C14H21N3O3. The van der Waals surface area contributed by atoms with Crippen LogP contribution in [0.4, 0.5) is 5.95 Å². The zero-order valence-electron chi connectivity index (χ0n) is 12.2. The number of carboxylic acids is 1. The van der Waals surface area contributed by atoms with Crippen molar-refractivity contribution in [2.45, 2.75) is 39.2 Å². The predicted octanol–water partition coefficient (Wildman–Crippen LogP) is 1.59. The van der Waals surface area contributed by atoms with Gasteiger partial charge in [-0.05, 0) is 18.9 Å². The van der Waals surface area contributed by atoms with E-state index in [0.717, 1.165) is 11.4 Å². The highest BCUT2D eigenvalue weighted by atomic mass is 16.5. The van der Waals surface area contributed by atoms with Crippen LogP contribution in [-0.4, -0.2) is 46.8 Å². The van der Waals surface area contributed by atoms with Gasteiger partial charge in [-0.1, -0.05) is 13.8 Å². The van der Waals surface area contributed by atoms with E-state index >= 15 is 0 Å². The summed E-state index contributed by atoms with van der Waals surface area (Å²) >= 11 is 0. The number of ether oxygens (including phenoxy) is 1. The number of carbonyl (C=O) groups is 1. The van der Waals surface area contributed by atoms with Crippen molar-refractivity contribution >= 4 is 11.9 Å². The van der Waals surface area contributed by atoms with Gasteiger partial charge in [-0.25, -0.2) is 9.97 Å². The number of aliphatic carboxylic acids is 1. The summed E-state index contributed by atoms with van der Waals surface area (Å²) in [5, 5.41) is 8.85. The second kappa shape index (κ2) is 6.17. The van der Waals surface area contributed by atoms with Crippen LogP contribution in [0.25, 0.3) is 0 Å². The summed E-state index contributed by atoms with van der Waals surface area (Å²) in [7, 11) is 0. The summed E-state index contributed by atoms with van der Waals surface area (Å²) in [6.45, 7) is 7.86. The molecule has 0 saturated carbocycles. The molecule has 0 spiro atoms. The quantitative estimate of drug-likeness (QED) is 0.902. The van der Waals surface area contributed by atoms with E-state index in [1.807, 2.05) is 17.9 Å². The van der Waals surface area contributed by atoms with E-state index in [1.165, 1.54) is 0 Å². The van der Waals surface area contributed by atoms with Crippen molar-refractivity contribution in [1.82, 2.24) is 9.97 Å². The van der Waals surface area contributed by atoms with Crippen molar-refractivity contribution in [3.63, 3.8) is 0 Å². The second-order valence-corrected chi connectivity index (χ2v) is 5.43. The highest BCUT2D eigenvalue weighted by Gasteiger charge is 2.24. The SMILES string of the molecule is Cc1cc(C(C)C)nc(N2CCOC(CC(=O)O)C2)n1. The molecule has 1 fully saturated rings. The molecule has 1 atom stereocenters. The van der Waals surface area contributed by atoms with E-state index in [9.17, 15) is 4.79 Å². The van der Waals surface area contributed by atoms with Gasteiger partial charge in [-0.2, -0.15) is 0 Å². The second-order valence-electron chi connectivity index (χ2n) is 5.43. The number of aryl methyl sites for hydroxylation is 1. The number of anilines is 1. The molecule has 6 nitrogen and oxygen atoms in total. The minimum absolute atomic E-state index is 0.0132. The molecule has 1 aromatic rings. The van der Waals surface area contributed by atoms with Crippen molar-refractivity contribution < 1.29 is 14.6 Å². The van der Waals surface area contributed by atoms with Crippen LogP contribution in [0.2, 0.25) is 0 Å². The van der Waals surface area contributed by atoms with E-state index in [-0.39, 0.29) is 12.5 Å². The third-order valence-corrected chi connectivity index (χ3v) is 3.28. The molecule has 1 aliphatic rings. The summed E-state index contributed by atoms with van der Waals surface area (Å²) in [6, 6.07) is 1.99. The number of rotatable bonds is 4. The third kappa shape index (κ3) is 3.66. The first kappa shape index (κ1) is 14.7. The Hall–Kier alpha value is -1.69. The molecular weight excluding hydrogens is 258 g/mol. The van der Waals surface area contributed by atoms with Gasteiger partial charge in [0, 0.05) is 24.5 Å². The molecule has 1 aromatic heterocycles. The third-order valence-electron chi connectivity index (χ3n) is 3.28. The fourth-order valence-electron chi connectivity index (χ4n) is 2.23. The normalized spacial score (nSPS) is 19.4. The molecule has 110 valence electrons. The lowest BCUT2D eigenvalue weighted by Gasteiger charge is -2.32. The minimum atomic E-state index is -0.843. The van der Waals surface area contributed by atoms with E-state index in [0.29, 0.717) is 31.6 Å². The average Bonchev–Trinajstić information content (AvgIpc) is 2.37. The van der Waals surface area contributed by atoms with Crippen LogP contribution in [0.3, 0.4) is 0 Å². The first-order valence-electron chi connectivity index (χ1n) is 6.89. The maximum atomic E-state index is 10.8. The maximum absolute atomic E-state index is 10.8. The predicted molar refractivity (Wildman–Crippen MR) is 75.1 cm³/mol. The van der Waals surface area contributed by atoms with Gasteiger partial charge in [-0.15, -0.1) is 0 Å². The number of hydrogen-bond donors (Lipinski definition) is 1. The summed E-state index contributed by atoms with van der Waals surface area (Å²) in [5.41, 5.74) is 1.94. The molecule has 0 radical (unpaired) electrons. The van der Waals surface area contributed by atoms with Crippen LogP contribution < -0.4 is 4.90 Å². The molecule has 0 bridgehead atoms. The standard InChI is InChI=1S/C14H21N3O3/c1-9(2)12-6-10(3)15-14(16-12)17-4-5-20-11(8-17)7-13(18)19/h6,9,11H,4-5,7-8H2,1-3H3,(H,18,19). The van der Waals surface area contributed by atoms with Crippen molar-refractivity contribution in [3.8, 4) is 0 Å². The van der Waals surface area contributed by atoms with Crippen LogP contribution in [0, 0.1) is 6.92 Å². The molecule has 1 aliphatic heterocycles. The molecule has 2 rings (SSSR count). The Kier molecular flexibility index (Phi) is 4.54. The van der Waals surface area contributed by atoms with Gasteiger partial charge < -0.3 is 14.7 Å². The van der Waals surface area contributed by atoms with Gasteiger partial charge in [0.05, 0.1) is 19.1 Å². The van der Waals surface area contributed by atoms with Crippen LogP contribution in [0.5, 0.6) is 0 Å². The van der Waals surface area contributed by atoms with Gasteiger partial charge >= 0.3 is 5.97 Å². The molecule has 2 heterocycles. The smallest absolute Gasteiger partial charge is 0.306 e. The lowest BCUT2D eigenvalue weighted by Crippen LogP contribution is -2.44. The van der Waals surface area contributed by atoms with Gasteiger partial charge in [0.15, 0.2) is 0 Å². The number of hydrogen-bond acceptors (Lipinski definition) is 5. The van der Waals surface area contributed by atoms with Crippen LogP contribution >= 0.6 is 0 Å². The Morgan fingerprint density at radius 2 is 2.30 bits per heavy atom. The Bertz CT molecular complexity index is 491. The lowest BCUT2D eigenvalue weighted by molar-refractivity contribution is -0.140. The molecule has 0 amide bonds. The molecule has 0 aliphatic carbocycles. The molecule has 0 aromatic carbocycles. The van der Waals surface area contributed by atoms with Crippen LogP contribution in [-0.2, 0) is 9.53 Å². The zero-order valence-corrected chi connectivity index (χ0v) is 12.2. The first-order chi connectivity index (χ1) is 9.45. The Labute approximate surface area is 118 Å². The summed E-state index contributed by atoms with van der Waals surface area (Å²) in [6.07, 6.45) is -0.285. The molecule has 1 saturated heterocycles.